The number of halogens is 3. The lowest BCUT2D eigenvalue weighted by atomic mass is 9.92. The van der Waals surface area contributed by atoms with Crippen molar-refractivity contribution in [1.29, 1.82) is 5.26 Å². The fourth-order valence-corrected chi connectivity index (χ4v) is 2.11. The van der Waals surface area contributed by atoms with Crippen LogP contribution >= 0.6 is 0 Å². The average molecular weight is 262 g/mol. The Hall–Kier alpha value is -1.25. The fraction of sp³-hybridized carbons (Fsp3) is 0.833. The Labute approximate surface area is 105 Å². The molecule has 0 bridgehead atoms. The number of hydrogen-bond donors (Lipinski definition) is 0. The lowest BCUT2D eigenvalue weighted by molar-refractivity contribution is -0.186. The second-order valence-electron chi connectivity index (χ2n) is 4.99. The Morgan fingerprint density at radius 3 is 2.17 bits per heavy atom. The minimum absolute atomic E-state index is 0.0640. The first-order chi connectivity index (χ1) is 8.27. The maximum absolute atomic E-state index is 12.5. The third-order valence-corrected chi connectivity index (χ3v) is 3.34. The maximum Gasteiger partial charge on any atom is 0.391 e. The average Bonchev–Trinajstić information content (AvgIpc) is 2.28. The summed E-state index contributed by atoms with van der Waals surface area (Å²) in [5.41, 5.74) is 0. The van der Waals surface area contributed by atoms with Gasteiger partial charge < -0.3 is 4.90 Å². The van der Waals surface area contributed by atoms with Crippen molar-refractivity contribution < 1.29 is 18.0 Å². The monoisotopic (exact) mass is 262 g/mol. The Morgan fingerprint density at radius 2 is 1.83 bits per heavy atom. The van der Waals surface area contributed by atoms with Crippen LogP contribution in [0.15, 0.2) is 0 Å². The number of amides is 1. The van der Waals surface area contributed by atoms with E-state index < -0.39 is 18.0 Å². The summed E-state index contributed by atoms with van der Waals surface area (Å²) < 4.78 is 37.4. The molecule has 18 heavy (non-hydrogen) atoms. The minimum atomic E-state index is -4.18. The van der Waals surface area contributed by atoms with Crippen LogP contribution < -0.4 is 0 Å². The highest BCUT2D eigenvalue weighted by Gasteiger charge is 2.42. The summed E-state index contributed by atoms with van der Waals surface area (Å²) in [5, 5.41) is 8.90. The number of hydrogen-bond acceptors (Lipinski definition) is 2. The van der Waals surface area contributed by atoms with E-state index in [0.29, 0.717) is 0 Å². The smallest absolute Gasteiger partial charge is 0.342 e. The summed E-state index contributed by atoms with van der Waals surface area (Å²) in [5.74, 6) is -2.54. The van der Waals surface area contributed by atoms with Crippen molar-refractivity contribution in [2.45, 2.75) is 32.9 Å². The molecule has 0 saturated carbocycles. The van der Waals surface area contributed by atoms with Crippen LogP contribution in [0.2, 0.25) is 0 Å². The van der Waals surface area contributed by atoms with Crippen molar-refractivity contribution in [3.05, 3.63) is 0 Å². The van der Waals surface area contributed by atoms with E-state index in [4.69, 9.17) is 5.26 Å². The Balaban J connectivity index is 2.58. The van der Waals surface area contributed by atoms with Crippen LogP contribution in [-0.2, 0) is 4.79 Å². The van der Waals surface area contributed by atoms with E-state index in [1.165, 1.54) is 4.90 Å². The van der Waals surface area contributed by atoms with Crippen LogP contribution in [0, 0.1) is 29.1 Å². The van der Waals surface area contributed by atoms with Crippen LogP contribution in [0.3, 0.4) is 0 Å². The molecule has 0 spiro atoms. The van der Waals surface area contributed by atoms with Gasteiger partial charge in [0.2, 0.25) is 5.91 Å². The number of alkyl halides is 3. The lowest BCUT2D eigenvalue weighted by Crippen LogP contribution is -2.45. The fourth-order valence-electron chi connectivity index (χ4n) is 2.11. The molecule has 1 aliphatic heterocycles. The zero-order valence-corrected chi connectivity index (χ0v) is 10.5. The molecule has 1 atom stereocenters. The van der Waals surface area contributed by atoms with E-state index in [-0.39, 0.29) is 37.8 Å². The van der Waals surface area contributed by atoms with Crippen LogP contribution in [0.5, 0.6) is 0 Å². The molecule has 1 heterocycles. The normalized spacial score (nSPS) is 19.7. The summed E-state index contributed by atoms with van der Waals surface area (Å²) >= 11 is 0. The third kappa shape index (κ3) is 3.37. The number of carbonyl (C=O) groups excluding carboxylic acids is 1. The molecule has 0 aliphatic carbocycles. The highest BCUT2D eigenvalue weighted by atomic mass is 19.4. The van der Waals surface area contributed by atoms with Crippen molar-refractivity contribution in [1.82, 2.24) is 4.90 Å². The second kappa shape index (κ2) is 5.59. The molecule has 6 heteroatoms. The first-order valence-electron chi connectivity index (χ1n) is 6.02. The van der Waals surface area contributed by atoms with E-state index in [2.05, 4.69) is 0 Å². The van der Waals surface area contributed by atoms with Gasteiger partial charge in [-0.3, -0.25) is 4.79 Å². The van der Waals surface area contributed by atoms with Gasteiger partial charge in [-0.05, 0) is 18.8 Å². The van der Waals surface area contributed by atoms with Gasteiger partial charge in [-0.15, -0.1) is 0 Å². The number of nitriles is 1. The molecule has 0 aromatic carbocycles. The zero-order chi connectivity index (χ0) is 13.9. The predicted molar refractivity (Wildman–Crippen MR) is 59.3 cm³/mol. The molecule has 1 fully saturated rings. The van der Waals surface area contributed by atoms with E-state index >= 15 is 0 Å². The van der Waals surface area contributed by atoms with E-state index in [1.54, 1.807) is 13.8 Å². The summed E-state index contributed by atoms with van der Waals surface area (Å²) in [4.78, 5) is 13.3. The van der Waals surface area contributed by atoms with Crippen LogP contribution in [0.1, 0.15) is 26.7 Å². The highest BCUT2D eigenvalue weighted by molar-refractivity contribution is 5.81. The summed E-state index contributed by atoms with van der Waals surface area (Å²) in [6.07, 6.45) is -4.31. The molecule has 0 aromatic rings. The number of piperidine rings is 1. The summed E-state index contributed by atoms with van der Waals surface area (Å²) in [6, 6.07) is 1.93. The third-order valence-electron chi connectivity index (χ3n) is 3.34. The van der Waals surface area contributed by atoms with E-state index in [0.717, 1.165) is 0 Å². The van der Waals surface area contributed by atoms with Crippen LogP contribution in [0.25, 0.3) is 0 Å². The van der Waals surface area contributed by atoms with Crippen molar-refractivity contribution >= 4 is 5.91 Å². The van der Waals surface area contributed by atoms with Gasteiger partial charge >= 0.3 is 6.18 Å². The second-order valence-corrected chi connectivity index (χ2v) is 4.99. The molecular formula is C12H17F3N2O. The Morgan fingerprint density at radius 1 is 1.33 bits per heavy atom. The summed E-state index contributed by atoms with van der Waals surface area (Å²) in [6.45, 7) is 3.70. The quantitative estimate of drug-likeness (QED) is 0.767. The van der Waals surface area contributed by atoms with Crippen molar-refractivity contribution in [2.75, 3.05) is 13.1 Å². The van der Waals surface area contributed by atoms with Crippen LogP contribution in [0.4, 0.5) is 13.2 Å². The van der Waals surface area contributed by atoms with Gasteiger partial charge in [0.1, 0.15) is 5.92 Å². The minimum Gasteiger partial charge on any atom is -0.342 e. The molecular weight excluding hydrogens is 245 g/mol. The molecule has 3 nitrogen and oxygen atoms in total. The number of carbonyl (C=O) groups is 1. The van der Waals surface area contributed by atoms with E-state index in [9.17, 15) is 18.0 Å². The van der Waals surface area contributed by atoms with Crippen LogP contribution in [-0.4, -0.2) is 30.1 Å². The van der Waals surface area contributed by atoms with Gasteiger partial charge in [0.15, 0.2) is 0 Å². The van der Waals surface area contributed by atoms with Gasteiger partial charge in [-0.2, -0.15) is 18.4 Å². The molecule has 0 N–H and O–H groups in total. The molecule has 1 rings (SSSR count). The van der Waals surface area contributed by atoms with Gasteiger partial charge in [0.25, 0.3) is 0 Å². The first kappa shape index (κ1) is 14.8. The molecule has 1 unspecified atom stereocenters. The van der Waals surface area contributed by atoms with Gasteiger partial charge in [0, 0.05) is 13.1 Å². The van der Waals surface area contributed by atoms with Crippen molar-refractivity contribution in [3.8, 4) is 6.07 Å². The predicted octanol–water partition coefficient (Wildman–Crippen LogP) is 2.58. The highest BCUT2D eigenvalue weighted by Crippen LogP contribution is 2.34. The van der Waals surface area contributed by atoms with Gasteiger partial charge in [0.05, 0.1) is 12.0 Å². The number of likely N-dealkylation sites (tertiary alicyclic amines) is 1. The Bertz CT molecular complexity index is 338. The van der Waals surface area contributed by atoms with Gasteiger partial charge in [-0.25, -0.2) is 0 Å². The number of nitrogens with zero attached hydrogens (tertiary/aromatic N) is 2. The molecule has 1 saturated heterocycles. The molecule has 1 amide bonds. The largest absolute Gasteiger partial charge is 0.391 e. The molecule has 1 aliphatic rings. The Kier molecular flexibility index (Phi) is 4.60. The zero-order valence-electron chi connectivity index (χ0n) is 10.5. The van der Waals surface area contributed by atoms with Gasteiger partial charge in [-0.1, -0.05) is 13.8 Å². The molecule has 0 aromatic heterocycles. The standard InChI is InChI=1S/C12H17F3N2O/c1-8(2)10(7-16)11(18)17-5-3-9(4-6-17)12(13,14)15/h8-10H,3-6H2,1-2H3. The maximum atomic E-state index is 12.5. The summed E-state index contributed by atoms with van der Waals surface area (Å²) in [7, 11) is 0. The number of rotatable bonds is 2. The topological polar surface area (TPSA) is 44.1 Å². The van der Waals surface area contributed by atoms with E-state index in [1.807, 2.05) is 6.07 Å². The lowest BCUT2D eigenvalue weighted by Gasteiger charge is -2.34. The SMILES string of the molecule is CC(C)C(C#N)C(=O)N1CCC(C(F)(F)F)CC1. The molecule has 0 radical (unpaired) electrons. The molecule has 102 valence electrons. The van der Waals surface area contributed by atoms with Crippen molar-refractivity contribution in [2.24, 2.45) is 17.8 Å². The first-order valence-corrected chi connectivity index (χ1v) is 6.02. The van der Waals surface area contributed by atoms with Crippen molar-refractivity contribution in [3.63, 3.8) is 0 Å².